The third kappa shape index (κ3) is 4.26. The molecule has 1 unspecified atom stereocenters. The summed E-state index contributed by atoms with van der Waals surface area (Å²) in [6, 6.07) is 5.78. The Morgan fingerprint density at radius 3 is 2.48 bits per heavy atom. The molecule has 0 spiro atoms. The van der Waals surface area contributed by atoms with Gasteiger partial charge in [0.25, 0.3) is 0 Å². The van der Waals surface area contributed by atoms with Gasteiger partial charge in [0.05, 0.1) is 23.6 Å². The van der Waals surface area contributed by atoms with E-state index in [0.717, 1.165) is 61.3 Å². The smallest absolute Gasteiger partial charge is 0.244 e. The van der Waals surface area contributed by atoms with Gasteiger partial charge < -0.3 is 14.7 Å². The zero-order valence-corrected chi connectivity index (χ0v) is 19.4. The van der Waals surface area contributed by atoms with Crippen LogP contribution in [0.5, 0.6) is 0 Å². The van der Waals surface area contributed by atoms with Crippen molar-refractivity contribution < 1.29 is 14.4 Å². The number of carbonyl (C=O) groups excluding carboxylic acids is 3. The summed E-state index contributed by atoms with van der Waals surface area (Å²) in [5, 5.41) is 4.41. The van der Waals surface area contributed by atoms with Gasteiger partial charge in [-0.2, -0.15) is 5.10 Å². The van der Waals surface area contributed by atoms with E-state index in [9.17, 15) is 14.4 Å². The Morgan fingerprint density at radius 2 is 1.79 bits per heavy atom. The lowest BCUT2D eigenvalue weighted by Crippen LogP contribution is -2.51. The number of hydrogen-bond acceptors (Lipinski definition) is 4. The summed E-state index contributed by atoms with van der Waals surface area (Å²) in [5.41, 5.74) is 3.34. The van der Waals surface area contributed by atoms with Crippen LogP contribution < -0.4 is 9.80 Å². The van der Waals surface area contributed by atoms with E-state index in [4.69, 9.17) is 0 Å². The third-order valence-electron chi connectivity index (χ3n) is 6.92. The normalized spacial score (nSPS) is 20.5. The summed E-state index contributed by atoms with van der Waals surface area (Å²) < 4.78 is 1.68. The molecule has 1 aromatic heterocycles. The second kappa shape index (κ2) is 8.65. The van der Waals surface area contributed by atoms with Crippen molar-refractivity contribution in [2.24, 2.45) is 5.92 Å². The van der Waals surface area contributed by atoms with Crippen molar-refractivity contribution in [3.63, 3.8) is 0 Å². The number of rotatable bonds is 4. The molecule has 2 aromatic rings. The van der Waals surface area contributed by atoms with Crippen molar-refractivity contribution in [2.45, 2.75) is 58.5 Å². The number of benzene rings is 1. The van der Waals surface area contributed by atoms with Gasteiger partial charge in [0.1, 0.15) is 6.54 Å². The molecule has 3 aliphatic rings. The second-order valence-electron chi connectivity index (χ2n) is 9.53. The minimum Gasteiger partial charge on any atom is -0.341 e. The lowest BCUT2D eigenvalue weighted by Gasteiger charge is -2.41. The Bertz CT molecular complexity index is 1080. The van der Waals surface area contributed by atoms with E-state index in [1.807, 2.05) is 41.1 Å². The summed E-state index contributed by atoms with van der Waals surface area (Å²) in [7, 11) is 0. The maximum absolute atomic E-state index is 13.0. The zero-order valence-electron chi connectivity index (χ0n) is 19.4. The van der Waals surface area contributed by atoms with Crippen LogP contribution in [-0.4, -0.2) is 58.1 Å². The van der Waals surface area contributed by atoms with Crippen molar-refractivity contribution >= 4 is 29.1 Å². The van der Waals surface area contributed by atoms with Crippen LogP contribution in [0.25, 0.3) is 11.1 Å². The van der Waals surface area contributed by atoms with E-state index in [1.165, 1.54) is 6.42 Å². The Labute approximate surface area is 194 Å². The van der Waals surface area contributed by atoms with Crippen LogP contribution in [-0.2, 0) is 20.9 Å². The Morgan fingerprint density at radius 1 is 1.03 bits per heavy atom. The molecule has 1 atom stereocenters. The first-order valence-corrected chi connectivity index (χ1v) is 12.0. The fourth-order valence-electron chi connectivity index (χ4n) is 5.02. The molecule has 8 heteroatoms. The van der Waals surface area contributed by atoms with Crippen molar-refractivity contribution in [1.82, 2.24) is 14.7 Å². The fraction of sp³-hybridized carbons (Fsp3) is 0.520. The molecule has 0 radical (unpaired) electrons. The molecule has 1 saturated carbocycles. The van der Waals surface area contributed by atoms with Crippen LogP contribution in [0.4, 0.5) is 11.4 Å². The molecule has 0 N–H and O–H groups in total. The predicted octanol–water partition coefficient (Wildman–Crippen LogP) is 3.06. The number of likely N-dealkylation sites (tertiary alicyclic amines) is 1. The van der Waals surface area contributed by atoms with Gasteiger partial charge >= 0.3 is 0 Å². The summed E-state index contributed by atoms with van der Waals surface area (Å²) >= 11 is 0. The first-order valence-electron chi connectivity index (χ1n) is 12.0. The van der Waals surface area contributed by atoms with E-state index < -0.39 is 0 Å². The molecule has 0 bridgehead atoms. The van der Waals surface area contributed by atoms with Crippen LogP contribution in [0.1, 0.15) is 46.0 Å². The number of fused-ring (bicyclic) bond motifs is 1. The van der Waals surface area contributed by atoms with Gasteiger partial charge in [-0.3, -0.25) is 19.1 Å². The number of piperidine rings is 1. The quantitative estimate of drug-likeness (QED) is 0.719. The minimum atomic E-state index is -0.0768. The third-order valence-corrected chi connectivity index (χ3v) is 6.92. The highest BCUT2D eigenvalue weighted by atomic mass is 16.2. The first kappa shape index (κ1) is 21.7. The molecule has 1 aliphatic carbocycles. The number of aromatic nitrogens is 2. The monoisotopic (exact) mass is 449 g/mol. The molecule has 3 heterocycles. The average molecular weight is 450 g/mol. The summed E-state index contributed by atoms with van der Waals surface area (Å²) in [6.07, 6.45) is 8.83. The highest BCUT2D eigenvalue weighted by molar-refractivity contribution is 6.06. The number of hydrogen-bond donors (Lipinski definition) is 0. The molecule has 33 heavy (non-hydrogen) atoms. The maximum atomic E-state index is 13.0. The minimum absolute atomic E-state index is 0.0286. The number of amides is 3. The Hall–Kier alpha value is -3.16. The zero-order chi connectivity index (χ0) is 23.1. The van der Waals surface area contributed by atoms with Crippen LogP contribution in [0.3, 0.4) is 0 Å². The second-order valence-corrected chi connectivity index (χ2v) is 9.53. The number of anilines is 2. The molecular weight excluding hydrogens is 418 g/mol. The lowest BCUT2D eigenvalue weighted by molar-refractivity contribution is -0.133. The Balaban J connectivity index is 1.42. The van der Waals surface area contributed by atoms with Crippen molar-refractivity contribution in [2.75, 3.05) is 29.4 Å². The molecule has 8 nitrogen and oxygen atoms in total. The summed E-state index contributed by atoms with van der Waals surface area (Å²) in [5.74, 6) is 0.313. The highest BCUT2D eigenvalue weighted by Gasteiger charge is 2.39. The molecule has 1 aromatic carbocycles. The van der Waals surface area contributed by atoms with Crippen molar-refractivity contribution in [3.05, 3.63) is 30.6 Å². The molecular formula is C25H31N5O3. The standard InChI is InChI=1S/C25H31N5O3/c1-17-14-29(25(33)19-6-7-19)23-12-20(8-9-22(23)30(17)18(2)31)21-13-26-28(15-21)16-24(32)27-10-4-3-5-11-27/h8-9,12-13,15,17,19H,3-7,10-11,14,16H2,1-2H3. The number of nitrogens with zero attached hydrogens (tertiary/aromatic N) is 5. The Kier molecular flexibility index (Phi) is 5.68. The van der Waals surface area contributed by atoms with Crippen LogP contribution in [0, 0.1) is 5.92 Å². The van der Waals surface area contributed by atoms with Gasteiger partial charge in [-0.1, -0.05) is 6.07 Å². The molecule has 3 amide bonds. The lowest BCUT2D eigenvalue weighted by atomic mass is 10.0. The average Bonchev–Trinajstić information content (AvgIpc) is 3.56. The topological polar surface area (TPSA) is 78.8 Å². The highest BCUT2D eigenvalue weighted by Crippen LogP contribution is 2.42. The SMILES string of the molecule is CC(=O)N1c2ccc(-c3cnn(CC(=O)N4CCCCC4)c3)cc2N(C(=O)C2CC2)CC1C. The van der Waals surface area contributed by atoms with E-state index in [-0.39, 0.29) is 36.2 Å². The molecule has 174 valence electrons. The predicted molar refractivity (Wildman–Crippen MR) is 126 cm³/mol. The van der Waals surface area contributed by atoms with Gasteiger partial charge in [-0.15, -0.1) is 0 Å². The van der Waals surface area contributed by atoms with Gasteiger partial charge in [0.2, 0.25) is 17.7 Å². The largest absolute Gasteiger partial charge is 0.341 e. The van der Waals surface area contributed by atoms with Gasteiger partial charge in [-0.25, -0.2) is 0 Å². The van der Waals surface area contributed by atoms with Crippen LogP contribution in [0.15, 0.2) is 30.6 Å². The van der Waals surface area contributed by atoms with E-state index >= 15 is 0 Å². The van der Waals surface area contributed by atoms with E-state index in [2.05, 4.69) is 5.10 Å². The molecule has 1 saturated heterocycles. The van der Waals surface area contributed by atoms with Gasteiger partial charge in [0.15, 0.2) is 0 Å². The molecule has 5 rings (SSSR count). The van der Waals surface area contributed by atoms with Crippen LogP contribution in [0.2, 0.25) is 0 Å². The maximum Gasteiger partial charge on any atom is 0.244 e. The molecule has 2 aliphatic heterocycles. The van der Waals surface area contributed by atoms with Crippen LogP contribution >= 0.6 is 0 Å². The van der Waals surface area contributed by atoms with Crippen molar-refractivity contribution in [3.8, 4) is 11.1 Å². The van der Waals surface area contributed by atoms with E-state index in [0.29, 0.717) is 6.54 Å². The molecule has 2 fully saturated rings. The van der Waals surface area contributed by atoms with Crippen molar-refractivity contribution in [1.29, 1.82) is 0 Å². The summed E-state index contributed by atoms with van der Waals surface area (Å²) in [4.78, 5) is 43.5. The fourth-order valence-corrected chi connectivity index (χ4v) is 5.02. The van der Waals surface area contributed by atoms with Gasteiger partial charge in [0, 0.05) is 44.2 Å². The van der Waals surface area contributed by atoms with E-state index in [1.54, 1.807) is 22.7 Å². The first-order chi connectivity index (χ1) is 15.9. The summed E-state index contributed by atoms with van der Waals surface area (Å²) in [6.45, 7) is 5.92. The van der Waals surface area contributed by atoms with Gasteiger partial charge in [-0.05, 0) is 56.7 Å². The number of carbonyl (C=O) groups is 3.